The van der Waals surface area contributed by atoms with Crippen molar-refractivity contribution >= 4 is 38.8 Å². The molecule has 2 saturated heterocycles. The molecule has 3 fully saturated rings. The summed E-state index contributed by atoms with van der Waals surface area (Å²) >= 11 is 1.28. The number of amides is 1. The van der Waals surface area contributed by atoms with Crippen LogP contribution in [-0.4, -0.2) is 76.2 Å². The molecule has 9 nitrogen and oxygen atoms in total. The van der Waals surface area contributed by atoms with Gasteiger partial charge in [0, 0.05) is 48.7 Å². The Hall–Kier alpha value is -4.11. The first-order valence-corrected chi connectivity index (χ1v) is 16.9. The van der Waals surface area contributed by atoms with Gasteiger partial charge in [-0.05, 0) is 99.5 Å². The van der Waals surface area contributed by atoms with Gasteiger partial charge in [0.05, 0.1) is 18.3 Å². The zero-order valence-corrected chi connectivity index (χ0v) is 26.7. The fourth-order valence-corrected chi connectivity index (χ4v) is 7.63. The Labute approximate surface area is 271 Å². The van der Waals surface area contributed by atoms with Crippen LogP contribution in [-0.2, 0) is 4.79 Å². The van der Waals surface area contributed by atoms with Gasteiger partial charge in [-0.2, -0.15) is 5.26 Å². The Balaban J connectivity index is 1.15. The van der Waals surface area contributed by atoms with Crippen LogP contribution < -0.4 is 10.5 Å². The van der Waals surface area contributed by atoms with Crippen molar-refractivity contribution in [1.29, 1.82) is 5.26 Å². The molecule has 1 amide bonds. The number of rotatable bonds is 7. The van der Waals surface area contributed by atoms with Crippen LogP contribution >= 0.6 is 11.3 Å². The molecule has 1 aliphatic carbocycles. The molecule has 2 aliphatic heterocycles. The molecule has 4 aromatic rings. The van der Waals surface area contributed by atoms with Gasteiger partial charge in [0.25, 0.3) is 5.56 Å². The fourth-order valence-electron chi connectivity index (χ4n) is 6.77. The number of halogens is 1. The van der Waals surface area contributed by atoms with Crippen LogP contribution in [0.5, 0.6) is 0 Å². The molecule has 0 unspecified atom stereocenters. The number of fused-ring (bicyclic) bond motifs is 1. The molecular formula is C35H37FN6O3S. The van der Waals surface area contributed by atoms with Gasteiger partial charge >= 0.3 is 0 Å². The number of anilines is 2. The van der Waals surface area contributed by atoms with Gasteiger partial charge in [0.1, 0.15) is 22.5 Å². The first kappa shape index (κ1) is 30.5. The minimum Gasteiger partial charge on any atom is -0.393 e. The van der Waals surface area contributed by atoms with Crippen molar-refractivity contribution in [1.82, 2.24) is 19.4 Å². The first-order valence-electron chi connectivity index (χ1n) is 16.1. The minimum absolute atomic E-state index is 0.00335. The van der Waals surface area contributed by atoms with Crippen molar-refractivity contribution in [3.8, 4) is 17.3 Å². The zero-order valence-electron chi connectivity index (χ0n) is 25.9. The second-order valence-electron chi connectivity index (χ2n) is 12.8. The summed E-state index contributed by atoms with van der Waals surface area (Å²) < 4.78 is 15.4. The van der Waals surface area contributed by atoms with Crippen molar-refractivity contribution in [2.24, 2.45) is 0 Å². The summed E-state index contributed by atoms with van der Waals surface area (Å²) in [7, 11) is 1.91. The summed E-state index contributed by atoms with van der Waals surface area (Å²) in [5.41, 5.74) is 3.21. The van der Waals surface area contributed by atoms with Crippen molar-refractivity contribution in [3.05, 3.63) is 75.3 Å². The van der Waals surface area contributed by atoms with E-state index in [4.69, 9.17) is 4.98 Å². The molecule has 0 bridgehead atoms. The van der Waals surface area contributed by atoms with E-state index in [9.17, 15) is 24.3 Å². The SMILES string of the molecule is CN(c1nc(-c2ccc(F)cc2)c(C#N)s1)c1cn(C2CC2)c(=O)c2ccc(C3CCN(CC(=O)N4CCC(O)CC4)CC3)cc12. The quantitative estimate of drug-likeness (QED) is 0.288. The lowest BCUT2D eigenvalue weighted by atomic mass is 9.88. The van der Waals surface area contributed by atoms with Crippen LogP contribution in [0, 0.1) is 17.1 Å². The van der Waals surface area contributed by atoms with Gasteiger partial charge in [0.15, 0.2) is 5.13 Å². The molecule has 1 N–H and O–H groups in total. The molecule has 11 heteroatoms. The zero-order chi connectivity index (χ0) is 31.9. The normalized spacial score (nSPS) is 18.2. The van der Waals surface area contributed by atoms with Crippen LogP contribution in [0.3, 0.4) is 0 Å². The third kappa shape index (κ3) is 6.05. The molecule has 2 aromatic heterocycles. The largest absolute Gasteiger partial charge is 0.393 e. The molecule has 2 aromatic carbocycles. The maximum absolute atomic E-state index is 13.6. The topological polar surface area (TPSA) is 106 Å². The predicted molar refractivity (Wildman–Crippen MR) is 177 cm³/mol. The third-order valence-corrected chi connectivity index (χ3v) is 10.7. The second kappa shape index (κ2) is 12.6. The maximum atomic E-state index is 13.6. The summed E-state index contributed by atoms with van der Waals surface area (Å²) in [4.78, 5) is 37.8. The molecule has 7 rings (SSSR count). The van der Waals surface area contributed by atoms with Crippen molar-refractivity contribution in [3.63, 3.8) is 0 Å². The standard InChI is InChI=1S/C35H37FN6O3S/c1-39(35-38-33(31(19-37)46-35)23-2-5-25(36)6-3-23)30-20-42(26-7-8-26)34(45)28-9-4-24(18-29(28)30)22-10-14-40(15-11-22)21-32(44)41-16-12-27(43)13-17-41/h2-6,9,18,20,22,26-27,43H,7-8,10-17,21H2,1H3. The third-order valence-electron chi connectivity index (χ3n) is 9.70. The summed E-state index contributed by atoms with van der Waals surface area (Å²) in [6.45, 7) is 3.30. The van der Waals surface area contributed by atoms with Gasteiger partial charge in [-0.1, -0.05) is 17.4 Å². The van der Waals surface area contributed by atoms with E-state index in [1.54, 1.807) is 12.1 Å². The van der Waals surface area contributed by atoms with Crippen molar-refractivity contribution in [2.75, 3.05) is 44.7 Å². The predicted octanol–water partition coefficient (Wildman–Crippen LogP) is 5.40. The first-order chi connectivity index (χ1) is 22.3. The molecule has 3 aliphatic rings. The van der Waals surface area contributed by atoms with E-state index in [2.05, 4.69) is 23.1 Å². The van der Waals surface area contributed by atoms with Crippen LogP contribution in [0.15, 0.2) is 53.5 Å². The Morgan fingerprint density at radius 1 is 1.04 bits per heavy atom. The number of benzene rings is 2. The Bertz CT molecular complexity index is 1860. The van der Waals surface area contributed by atoms with E-state index in [1.165, 1.54) is 29.0 Å². The van der Waals surface area contributed by atoms with Crippen LogP contribution in [0.1, 0.15) is 60.9 Å². The second-order valence-corrected chi connectivity index (χ2v) is 13.8. The Kier molecular flexibility index (Phi) is 8.36. The van der Waals surface area contributed by atoms with E-state index in [0.29, 0.717) is 65.0 Å². The van der Waals surface area contributed by atoms with E-state index >= 15 is 0 Å². The summed E-state index contributed by atoms with van der Waals surface area (Å²) in [6.07, 6.45) is 6.71. The number of likely N-dealkylation sites (tertiary alicyclic amines) is 2. The number of hydrogen-bond acceptors (Lipinski definition) is 8. The van der Waals surface area contributed by atoms with Gasteiger partial charge in [0.2, 0.25) is 5.91 Å². The number of thiazole rings is 1. The highest BCUT2D eigenvalue weighted by molar-refractivity contribution is 7.16. The maximum Gasteiger partial charge on any atom is 0.258 e. The number of nitrogens with zero attached hydrogens (tertiary/aromatic N) is 6. The molecular weight excluding hydrogens is 603 g/mol. The number of aliphatic hydroxyl groups excluding tert-OH is 1. The minimum atomic E-state index is -0.349. The number of carbonyl (C=O) groups is 1. The van der Waals surface area contributed by atoms with Gasteiger partial charge in [-0.3, -0.25) is 14.5 Å². The average molecular weight is 641 g/mol. The van der Waals surface area contributed by atoms with Gasteiger partial charge < -0.3 is 19.5 Å². The van der Waals surface area contributed by atoms with E-state index < -0.39 is 0 Å². The number of nitriles is 1. The molecule has 0 spiro atoms. The highest BCUT2D eigenvalue weighted by Crippen LogP contribution is 2.41. The molecule has 0 atom stereocenters. The highest BCUT2D eigenvalue weighted by Gasteiger charge is 2.29. The lowest BCUT2D eigenvalue weighted by molar-refractivity contribution is -0.134. The molecule has 0 radical (unpaired) electrons. The summed E-state index contributed by atoms with van der Waals surface area (Å²) in [6, 6.07) is 14.6. The van der Waals surface area contributed by atoms with Crippen molar-refractivity contribution < 1.29 is 14.3 Å². The number of carbonyl (C=O) groups excluding carboxylic acids is 1. The molecule has 238 valence electrons. The van der Waals surface area contributed by atoms with E-state index in [1.807, 2.05) is 33.7 Å². The van der Waals surface area contributed by atoms with E-state index in [0.717, 1.165) is 49.8 Å². The van der Waals surface area contributed by atoms with Crippen LogP contribution in [0.25, 0.3) is 22.0 Å². The van der Waals surface area contributed by atoms with Crippen LogP contribution in [0.2, 0.25) is 0 Å². The summed E-state index contributed by atoms with van der Waals surface area (Å²) in [5.74, 6) is 0.0950. The number of aliphatic hydroxyl groups is 1. The lowest BCUT2D eigenvalue weighted by Crippen LogP contribution is -2.46. The van der Waals surface area contributed by atoms with Gasteiger partial charge in [-0.25, -0.2) is 9.37 Å². The average Bonchev–Trinajstić information content (AvgIpc) is 3.83. The number of piperidine rings is 2. The smallest absolute Gasteiger partial charge is 0.258 e. The number of hydrogen-bond donors (Lipinski definition) is 1. The fraction of sp³-hybridized carbons (Fsp3) is 0.429. The van der Waals surface area contributed by atoms with E-state index in [-0.39, 0.29) is 29.4 Å². The van der Waals surface area contributed by atoms with Crippen LogP contribution in [0.4, 0.5) is 15.2 Å². The Morgan fingerprint density at radius 3 is 2.43 bits per heavy atom. The highest BCUT2D eigenvalue weighted by atomic mass is 32.1. The molecule has 46 heavy (non-hydrogen) atoms. The lowest BCUT2D eigenvalue weighted by Gasteiger charge is -2.35. The number of pyridine rings is 1. The summed E-state index contributed by atoms with van der Waals surface area (Å²) in [5, 5.41) is 21.8. The monoisotopic (exact) mass is 640 g/mol. The number of aromatic nitrogens is 2. The van der Waals surface area contributed by atoms with Crippen molar-refractivity contribution in [2.45, 2.75) is 56.6 Å². The Morgan fingerprint density at radius 2 is 1.76 bits per heavy atom. The molecule has 4 heterocycles. The molecule has 1 saturated carbocycles. The van der Waals surface area contributed by atoms with Gasteiger partial charge in [-0.15, -0.1) is 0 Å².